The number of urea groups is 1. The normalized spacial score (nSPS) is 27.4. The second-order valence-electron chi connectivity index (χ2n) is 5.13. The number of carbonyl (C=O) groups excluding carboxylic acids is 1. The lowest BCUT2D eigenvalue weighted by Gasteiger charge is -2.42. The smallest absolute Gasteiger partial charge is 0.320 e. The third kappa shape index (κ3) is 3.40. The molecular formula is C13H22N2O5. The summed E-state index contributed by atoms with van der Waals surface area (Å²) in [6.45, 7) is 4.88. The first kappa shape index (κ1) is 15.1. The SMILES string of the molecule is CCC1COCCN1C(=O)N1CCOCC1CC(=O)O. The number of carboxylic acids is 1. The topological polar surface area (TPSA) is 79.3 Å². The molecule has 0 aromatic heterocycles. The summed E-state index contributed by atoms with van der Waals surface area (Å²) in [6, 6.07) is -0.395. The summed E-state index contributed by atoms with van der Waals surface area (Å²) in [6.07, 6.45) is 0.756. The molecule has 20 heavy (non-hydrogen) atoms. The largest absolute Gasteiger partial charge is 0.481 e. The highest BCUT2D eigenvalue weighted by molar-refractivity contribution is 5.76. The number of nitrogens with zero attached hydrogens (tertiary/aromatic N) is 2. The molecule has 7 heteroatoms. The highest BCUT2D eigenvalue weighted by atomic mass is 16.5. The molecule has 0 saturated carbocycles. The quantitative estimate of drug-likeness (QED) is 0.812. The van der Waals surface area contributed by atoms with Crippen LogP contribution in [-0.2, 0) is 14.3 Å². The molecule has 2 saturated heterocycles. The van der Waals surface area contributed by atoms with Gasteiger partial charge < -0.3 is 24.4 Å². The van der Waals surface area contributed by atoms with Crippen LogP contribution in [0.4, 0.5) is 4.79 Å². The van der Waals surface area contributed by atoms with E-state index in [9.17, 15) is 9.59 Å². The summed E-state index contributed by atoms with van der Waals surface area (Å²) in [5.41, 5.74) is 0. The Morgan fingerprint density at radius 1 is 1.10 bits per heavy atom. The molecule has 0 aliphatic carbocycles. The lowest BCUT2D eigenvalue weighted by atomic mass is 10.1. The van der Waals surface area contributed by atoms with Gasteiger partial charge in [0.05, 0.1) is 44.9 Å². The average Bonchev–Trinajstić information content (AvgIpc) is 2.46. The van der Waals surface area contributed by atoms with E-state index in [1.54, 1.807) is 4.90 Å². The predicted octanol–water partition coefficient (Wildman–Crippen LogP) is 0.393. The fourth-order valence-corrected chi connectivity index (χ4v) is 2.69. The molecule has 2 rings (SSSR count). The molecule has 0 aromatic carbocycles. The first-order valence-corrected chi connectivity index (χ1v) is 7.08. The van der Waals surface area contributed by atoms with E-state index < -0.39 is 5.97 Å². The number of morpholine rings is 2. The minimum atomic E-state index is -0.910. The number of hydrogen-bond donors (Lipinski definition) is 1. The Hall–Kier alpha value is -1.34. The van der Waals surface area contributed by atoms with Crippen molar-refractivity contribution in [2.24, 2.45) is 0 Å². The Kier molecular flexibility index (Phi) is 5.19. The molecule has 2 heterocycles. The highest BCUT2D eigenvalue weighted by Crippen LogP contribution is 2.18. The van der Waals surface area contributed by atoms with Gasteiger partial charge in [-0.3, -0.25) is 4.79 Å². The predicted molar refractivity (Wildman–Crippen MR) is 70.6 cm³/mol. The molecule has 2 amide bonds. The van der Waals surface area contributed by atoms with E-state index >= 15 is 0 Å². The van der Waals surface area contributed by atoms with Crippen LogP contribution in [0.2, 0.25) is 0 Å². The number of aliphatic carboxylic acids is 1. The maximum atomic E-state index is 12.7. The molecule has 2 aliphatic heterocycles. The van der Waals surface area contributed by atoms with Crippen LogP contribution < -0.4 is 0 Å². The summed E-state index contributed by atoms with van der Waals surface area (Å²) in [7, 11) is 0. The molecule has 7 nitrogen and oxygen atoms in total. The van der Waals surface area contributed by atoms with Crippen molar-refractivity contribution in [2.75, 3.05) is 39.5 Å². The molecule has 0 radical (unpaired) electrons. The summed E-state index contributed by atoms with van der Waals surface area (Å²) in [5, 5.41) is 8.95. The molecule has 114 valence electrons. The maximum absolute atomic E-state index is 12.7. The van der Waals surface area contributed by atoms with Gasteiger partial charge in [0, 0.05) is 13.1 Å². The van der Waals surface area contributed by atoms with Crippen molar-refractivity contribution >= 4 is 12.0 Å². The molecule has 2 unspecified atom stereocenters. The molecular weight excluding hydrogens is 264 g/mol. The first-order valence-electron chi connectivity index (χ1n) is 7.08. The molecule has 1 N–H and O–H groups in total. The van der Waals surface area contributed by atoms with Crippen molar-refractivity contribution in [1.82, 2.24) is 9.80 Å². The molecule has 0 spiro atoms. The third-order valence-corrected chi connectivity index (χ3v) is 3.83. The van der Waals surface area contributed by atoms with Crippen LogP contribution in [0.5, 0.6) is 0 Å². The van der Waals surface area contributed by atoms with E-state index in [-0.39, 0.29) is 24.5 Å². The fraction of sp³-hybridized carbons (Fsp3) is 0.846. The minimum absolute atomic E-state index is 0.0737. The molecule has 0 bridgehead atoms. The Morgan fingerprint density at radius 2 is 1.65 bits per heavy atom. The highest BCUT2D eigenvalue weighted by Gasteiger charge is 2.35. The van der Waals surface area contributed by atoms with Gasteiger partial charge in [0.15, 0.2) is 0 Å². The Bertz CT molecular complexity index is 363. The molecule has 2 aliphatic rings. The Morgan fingerprint density at radius 3 is 2.20 bits per heavy atom. The van der Waals surface area contributed by atoms with Crippen LogP contribution in [0.1, 0.15) is 19.8 Å². The molecule has 2 fully saturated rings. The van der Waals surface area contributed by atoms with Gasteiger partial charge in [-0.1, -0.05) is 6.92 Å². The first-order chi connectivity index (χ1) is 9.63. The zero-order chi connectivity index (χ0) is 14.5. The lowest BCUT2D eigenvalue weighted by molar-refractivity contribution is -0.139. The van der Waals surface area contributed by atoms with E-state index in [0.717, 1.165) is 6.42 Å². The number of rotatable bonds is 3. The van der Waals surface area contributed by atoms with Gasteiger partial charge in [0.2, 0.25) is 0 Å². The average molecular weight is 286 g/mol. The van der Waals surface area contributed by atoms with Crippen LogP contribution in [0.15, 0.2) is 0 Å². The fourth-order valence-electron chi connectivity index (χ4n) is 2.69. The number of amides is 2. The van der Waals surface area contributed by atoms with Gasteiger partial charge in [-0.2, -0.15) is 0 Å². The van der Waals surface area contributed by atoms with Crippen molar-refractivity contribution in [3.63, 3.8) is 0 Å². The van der Waals surface area contributed by atoms with Crippen molar-refractivity contribution < 1.29 is 24.2 Å². The maximum Gasteiger partial charge on any atom is 0.320 e. The zero-order valence-corrected chi connectivity index (χ0v) is 11.8. The van der Waals surface area contributed by atoms with Gasteiger partial charge in [0.1, 0.15) is 0 Å². The van der Waals surface area contributed by atoms with Crippen molar-refractivity contribution in [3.8, 4) is 0 Å². The van der Waals surface area contributed by atoms with Crippen LogP contribution in [-0.4, -0.2) is 78.5 Å². The molecule has 2 atom stereocenters. The molecule has 0 aromatic rings. The van der Waals surface area contributed by atoms with Crippen molar-refractivity contribution in [1.29, 1.82) is 0 Å². The van der Waals surface area contributed by atoms with Crippen molar-refractivity contribution in [2.45, 2.75) is 31.8 Å². The summed E-state index contributed by atoms with van der Waals surface area (Å²) < 4.78 is 10.7. The number of hydrogen-bond acceptors (Lipinski definition) is 4. The number of carboxylic acid groups (broad SMARTS) is 1. The van der Waals surface area contributed by atoms with Gasteiger partial charge in [-0.15, -0.1) is 0 Å². The van der Waals surface area contributed by atoms with E-state index in [2.05, 4.69) is 0 Å². The standard InChI is InChI=1S/C13H22N2O5/c1-2-10-8-19-5-3-14(10)13(18)15-4-6-20-9-11(15)7-12(16)17/h10-11H,2-9H2,1H3,(H,16,17). The van der Waals surface area contributed by atoms with E-state index in [1.165, 1.54) is 0 Å². The van der Waals surface area contributed by atoms with Crippen LogP contribution in [0, 0.1) is 0 Å². The third-order valence-electron chi connectivity index (χ3n) is 3.83. The number of ether oxygens (including phenoxy) is 2. The second-order valence-corrected chi connectivity index (χ2v) is 5.13. The van der Waals surface area contributed by atoms with E-state index in [1.807, 2.05) is 11.8 Å². The Labute approximate surface area is 118 Å². The number of carbonyl (C=O) groups is 2. The van der Waals surface area contributed by atoms with E-state index in [0.29, 0.717) is 39.5 Å². The monoisotopic (exact) mass is 286 g/mol. The van der Waals surface area contributed by atoms with Crippen LogP contribution in [0.25, 0.3) is 0 Å². The van der Waals surface area contributed by atoms with E-state index in [4.69, 9.17) is 14.6 Å². The van der Waals surface area contributed by atoms with Crippen LogP contribution in [0.3, 0.4) is 0 Å². The van der Waals surface area contributed by atoms with Gasteiger partial charge >= 0.3 is 12.0 Å². The van der Waals surface area contributed by atoms with Gasteiger partial charge in [-0.25, -0.2) is 4.79 Å². The summed E-state index contributed by atoms with van der Waals surface area (Å²) in [4.78, 5) is 27.0. The van der Waals surface area contributed by atoms with Gasteiger partial charge in [-0.05, 0) is 6.42 Å². The zero-order valence-electron chi connectivity index (χ0n) is 11.8. The second kappa shape index (κ2) is 6.90. The van der Waals surface area contributed by atoms with Gasteiger partial charge in [0.25, 0.3) is 0 Å². The summed E-state index contributed by atoms with van der Waals surface area (Å²) >= 11 is 0. The lowest BCUT2D eigenvalue weighted by Crippen LogP contribution is -2.58. The Balaban J connectivity index is 2.05. The summed E-state index contributed by atoms with van der Waals surface area (Å²) in [5.74, 6) is -0.910. The van der Waals surface area contributed by atoms with Crippen LogP contribution >= 0.6 is 0 Å². The minimum Gasteiger partial charge on any atom is -0.481 e. The van der Waals surface area contributed by atoms with Crippen molar-refractivity contribution in [3.05, 3.63) is 0 Å².